The van der Waals surface area contributed by atoms with Crippen molar-refractivity contribution in [3.05, 3.63) is 0 Å². The molecule has 2 heteroatoms. The summed E-state index contributed by atoms with van der Waals surface area (Å²) < 4.78 is 0. The van der Waals surface area contributed by atoms with Gasteiger partial charge in [0.2, 0.25) is 0 Å². The first kappa shape index (κ1) is 10.4. The summed E-state index contributed by atoms with van der Waals surface area (Å²) in [6.45, 7) is 5.19. The van der Waals surface area contributed by atoms with Gasteiger partial charge in [-0.1, -0.05) is 12.8 Å². The number of β-amino-alcohol motifs (C(OH)–C–C–N with tert-alkyl or cyclic N) is 1. The molecule has 1 saturated heterocycles. The molecule has 2 rings (SSSR count). The van der Waals surface area contributed by atoms with Crippen LogP contribution in [0.15, 0.2) is 0 Å². The summed E-state index contributed by atoms with van der Waals surface area (Å²) in [5.41, 5.74) is 0.717. The van der Waals surface area contributed by atoms with Crippen molar-refractivity contribution in [1.82, 2.24) is 4.90 Å². The van der Waals surface area contributed by atoms with Crippen LogP contribution in [0.2, 0.25) is 0 Å². The summed E-state index contributed by atoms with van der Waals surface area (Å²) in [5.74, 6) is 0. The van der Waals surface area contributed by atoms with Gasteiger partial charge in [-0.05, 0) is 51.1 Å². The Morgan fingerprint density at radius 1 is 1.14 bits per heavy atom. The van der Waals surface area contributed by atoms with E-state index in [4.69, 9.17) is 0 Å². The Labute approximate surface area is 87.3 Å². The molecule has 1 unspecified atom stereocenters. The summed E-state index contributed by atoms with van der Waals surface area (Å²) in [6.07, 6.45) is 8.43. The first-order valence-corrected chi connectivity index (χ1v) is 6.11. The fourth-order valence-corrected chi connectivity index (χ4v) is 3.21. The van der Waals surface area contributed by atoms with Crippen molar-refractivity contribution in [2.75, 3.05) is 19.6 Å². The van der Waals surface area contributed by atoms with Gasteiger partial charge >= 0.3 is 0 Å². The van der Waals surface area contributed by atoms with E-state index in [9.17, 15) is 5.11 Å². The highest BCUT2D eigenvalue weighted by atomic mass is 16.3. The molecule has 14 heavy (non-hydrogen) atoms. The van der Waals surface area contributed by atoms with E-state index in [2.05, 4.69) is 4.90 Å². The molecule has 1 N–H and O–H groups in total. The van der Waals surface area contributed by atoms with Crippen LogP contribution >= 0.6 is 0 Å². The highest BCUT2D eigenvalue weighted by Gasteiger charge is 2.36. The topological polar surface area (TPSA) is 23.5 Å². The number of rotatable bonds is 2. The fourth-order valence-electron chi connectivity index (χ4n) is 3.21. The molecule has 0 aromatic rings. The monoisotopic (exact) mass is 197 g/mol. The number of aliphatic hydroxyl groups is 1. The first-order valence-electron chi connectivity index (χ1n) is 6.11. The van der Waals surface area contributed by atoms with E-state index in [0.29, 0.717) is 0 Å². The second-order valence-corrected chi connectivity index (χ2v) is 5.36. The third kappa shape index (κ3) is 2.29. The molecule has 1 aliphatic heterocycles. The lowest BCUT2D eigenvalue weighted by molar-refractivity contribution is 0.0667. The molecular formula is C12H23NO. The second-order valence-electron chi connectivity index (χ2n) is 5.36. The molecule has 0 bridgehead atoms. The molecule has 0 aromatic heterocycles. The predicted octanol–water partition coefficient (Wildman–Crippen LogP) is 2.02. The second kappa shape index (κ2) is 4.19. The average Bonchev–Trinajstić information content (AvgIpc) is 2.58. The quantitative estimate of drug-likeness (QED) is 0.732. The van der Waals surface area contributed by atoms with E-state index >= 15 is 0 Å². The van der Waals surface area contributed by atoms with Crippen LogP contribution in [0.25, 0.3) is 0 Å². The molecular weight excluding hydrogens is 174 g/mol. The van der Waals surface area contributed by atoms with Crippen molar-refractivity contribution < 1.29 is 5.11 Å². The van der Waals surface area contributed by atoms with Gasteiger partial charge in [0.1, 0.15) is 0 Å². The maximum Gasteiger partial charge on any atom is 0.0639 e. The fraction of sp³-hybridized carbons (Fsp3) is 1.00. The maximum atomic E-state index is 9.32. The van der Waals surface area contributed by atoms with E-state index < -0.39 is 0 Å². The van der Waals surface area contributed by atoms with Crippen molar-refractivity contribution in [2.24, 2.45) is 5.41 Å². The Balaban J connectivity index is 1.79. The zero-order valence-corrected chi connectivity index (χ0v) is 9.34. The van der Waals surface area contributed by atoms with Crippen LogP contribution < -0.4 is 0 Å². The smallest absolute Gasteiger partial charge is 0.0639 e. The van der Waals surface area contributed by atoms with Crippen LogP contribution in [0.5, 0.6) is 0 Å². The van der Waals surface area contributed by atoms with E-state index in [1.54, 1.807) is 0 Å². The molecule has 1 heterocycles. The average molecular weight is 197 g/mol. The molecule has 1 atom stereocenters. The number of aliphatic hydroxyl groups excluding tert-OH is 1. The number of hydrogen-bond donors (Lipinski definition) is 1. The molecule has 2 fully saturated rings. The molecule has 0 radical (unpaired) electrons. The third-order valence-corrected chi connectivity index (χ3v) is 4.10. The Bertz CT molecular complexity index is 175. The summed E-state index contributed by atoms with van der Waals surface area (Å²) >= 11 is 0. The van der Waals surface area contributed by atoms with Crippen molar-refractivity contribution in [2.45, 2.75) is 51.6 Å². The summed E-state index contributed by atoms with van der Waals surface area (Å²) in [5, 5.41) is 9.32. The molecule has 1 spiro atoms. The van der Waals surface area contributed by atoms with Gasteiger partial charge in [-0.2, -0.15) is 0 Å². The zero-order valence-electron chi connectivity index (χ0n) is 9.34. The van der Waals surface area contributed by atoms with Crippen molar-refractivity contribution in [3.63, 3.8) is 0 Å². The zero-order chi connectivity index (χ0) is 10.0. The van der Waals surface area contributed by atoms with Crippen LogP contribution in [0.1, 0.15) is 45.4 Å². The maximum absolute atomic E-state index is 9.32. The molecule has 2 aliphatic rings. The van der Waals surface area contributed by atoms with E-state index in [1.807, 2.05) is 6.92 Å². The van der Waals surface area contributed by atoms with Gasteiger partial charge < -0.3 is 10.0 Å². The minimum atomic E-state index is -0.160. The van der Waals surface area contributed by atoms with Gasteiger partial charge in [-0.3, -0.25) is 0 Å². The Morgan fingerprint density at radius 2 is 1.71 bits per heavy atom. The van der Waals surface area contributed by atoms with Gasteiger partial charge in [0.25, 0.3) is 0 Å². The van der Waals surface area contributed by atoms with Crippen LogP contribution in [-0.2, 0) is 0 Å². The lowest BCUT2D eigenvalue weighted by atomic mass is 9.77. The highest BCUT2D eigenvalue weighted by molar-refractivity contribution is 4.89. The number of likely N-dealkylation sites (tertiary alicyclic amines) is 1. The van der Waals surface area contributed by atoms with Crippen molar-refractivity contribution >= 4 is 0 Å². The van der Waals surface area contributed by atoms with Crippen LogP contribution in [0, 0.1) is 5.41 Å². The Hall–Kier alpha value is -0.0800. The van der Waals surface area contributed by atoms with Crippen molar-refractivity contribution in [3.8, 4) is 0 Å². The third-order valence-electron chi connectivity index (χ3n) is 4.10. The Morgan fingerprint density at radius 3 is 2.21 bits per heavy atom. The standard InChI is InChI=1S/C12H23NO/c1-11(14)10-13-8-6-12(7-9-13)4-2-3-5-12/h11,14H,2-10H2,1H3. The van der Waals surface area contributed by atoms with Gasteiger partial charge in [-0.15, -0.1) is 0 Å². The molecule has 82 valence electrons. The van der Waals surface area contributed by atoms with Crippen LogP contribution in [0.3, 0.4) is 0 Å². The van der Waals surface area contributed by atoms with Crippen LogP contribution in [-0.4, -0.2) is 35.7 Å². The summed E-state index contributed by atoms with van der Waals surface area (Å²) in [4.78, 5) is 2.42. The molecule has 1 saturated carbocycles. The lowest BCUT2D eigenvalue weighted by Crippen LogP contribution is -2.41. The number of piperidine rings is 1. The molecule has 0 amide bonds. The SMILES string of the molecule is CC(O)CN1CCC2(CCCC2)CC1. The van der Waals surface area contributed by atoms with Gasteiger partial charge in [0.15, 0.2) is 0 Å². The highest BCUT2D eigenvalue weighted by Crippen LogP contribution is 2.45. The summed E-state index contributed by atoms with van der Waals surface area (Å²) in [7, 11) is 0. The van der Waals surface area contributed by atoms with Crippen molar-refractivity contribution in [1.29, 1.82) is 0 Å². The Kier molecular flexibility index (Phi) is 3.13. The number of nitrogens with zero attached hydrogens (tertiary/aromatic N) is 1. The molecule has 1 aliphatic carbocycles. The normalized spacial score (nSPS) is 29.6. The predicted molar refractivity (Wildman–Crippen MR) is 58.3 cm³/mol. The van der Waals surface area contributed by atoms with E-state index in [0.717, 1.165) is 12.0 Å². The van der Waals surface area contributed by atoms with Gasteiger partial charge in [0.05, 0.1) is 6.10 Å². The van der Waals surface area contributed by atoms with Gasteiger partial charge in [-0.25, -0.2) is 0 Å². The lowest BCUT2D eigenvalue weighted by Gasteiger charge is -2.39. The number of hydrogen-bond acceptors (Lipinski definition) is 2. The molecule has 2 nitrogen and oxygen atoms in total. The van der Waals surface area contributed by atoms with Gasteiger partial charge in [0, 0.05) is 6.54 Å². The first-order chi connectivity index (χ1) is 6.70. The molecule has 0 aromatic carbocycles. The van der Waals surface area contributed by atoms with Crippen LogP contribution in [0.4, 0.5) is 0 Å². The minimum Gasteiger partial charge on any atom is -0.392 e. The summed E-state index contributed by atoms with van der Waals surface area (Å²) in [6, 6.07) is 0. The minimum absolute atomic E-state index is 0.160. The largest absolute Gasteiger partial charge is 0.392 e. The van der Waals surface area contributed by atoms with E-state index in [1.165, 1.54) is 51.6 Å². The van der Waals surface area contributed by atoms with E-state index in [-0.39, 0.29) is 6.10 Å².